The number of rotatable bonds is 3. The van der Waals surface area contributed by atoms with Crippen LogP contribution in [0.5, 0.6) is 5.75 Å². The van der Waals surface area contributed by atoms with E-state index in [1.165, 1.54) is 13.0 Å². The number of carbonyl (C=O) groups is 3. The lowest BCUT2D eigenvalue weighted by Gasteiger charge is -2.33. The number of ether oxygens (including phenoxy) is 1. The second kappa shape index (κ2) is 6.51. The summed E-state index contributed by atoms with van der Waals surface area (Å²) in [6.07, 6.45) is 1.65. The molecule has 1 aromatic carbocycles. The Balaban J connectivity index is 1.69. The smallest absolute Gasteiger partial charge is 0.292 e. The number of amides is 3. The maximum absolute atomic E-state index is 12.5. The van der Waals surface area contributed by atoms with Crippen LogP contribution in [0.4, 0.5) is 5.69 Å². The Labute approximate surface area is 149 Å². The molecule has 3 rings (SSSR count). The standard InChI is InChI=1S/C17H19N5O4/c1-4-22-8-7-11(21-22)14(23)19-20-16(25)17(3)15(24)18-12-9-10(2)5-6-13(12)26-17/h5-9H,4H2,1-3H3,(H,18,24)(H,19,23)(H,20,25). The topological polar surface area (TPSA) is 114 Å². The van der Waals surface area contributed by atoms with E-state index < -0.39 is 23.3 Å². The third-order valence-electron chi connectivity index (χ3n) is 4.05. The van der Waals surface area contributed by atoms with E-state index in [1.807, 2.05) is 13.8 Å². The number of hydrazine groups is 1. The van der Waals surface area contributed by atoms with Crippen LogP contribution in [-0.4, -0.2) is 33.1 Å². The van der Waals surface area contributed by atoms with Crippen LogP contribution in [0.2, 0.25) is 0 Å². The van der Waals surface area contributed by atoms with Gasteiger partial charge in [0.1, 0.15) is 5.75 Å². The summed E-state index contributed by atoms with van der Waals surface area (Å²) in [5.74, 6) is -1.65. The quantitative estimate of drug-likeness (QED) is 0.554. The molecule has 0 fully saturated rings. The van der Waals surface area contributed by atoms with E-state index in [0.717, 1.165) is 5.56 Å². The van der Waals surface area contributed by atoms with Gasteiger partial charge in [0, 0.05) is 12.7 Å². The van der Waals surface area contributed by atoms with Crippen LogP contribution in [0.25, 0.3) is 0 Å². The van der Waals surface area contributed by atoms with Gasteiger partial charge in [0.05, 0.1) is 5.69 Å². The molecule has 0 bridgehead atoms. The van der Waals surface area contributed by atoms with Crippen molar-refractivity contribution in [2.45, 2.75) is 32.9 Å². The van der Waals surface area contributed by atoms with Crippen molar-refractivity contribution in [3.63, 3.8) is 0 Å². The molecule has 1 aromatic heterocycles. The number of nitrogens with zero attached hydrogens (tertiary/aromatic N) is 2. The molecular weight excluding hydrogens is 338 g/mol. The van der Waals surface area contributed by atoms with Crippen molar-refractivity contribution in [3.8, 4) is 5.75 Å². The van der Waals surface area contributed by atoms with Crippen LogP contribution in [0.15, 0.2) is 30.5 Å². The molecular formula is C17H19N5O4. The van der Waals surface area contributed by atoms with E-state index in [4.69, 9.17) is 4.74 Å². The first-order valence-electron chi connectivity index (χ1n) is 8.09. The summed E-state index contributed by atoms with van der Waals surface area (Å²) in [5.41, 5.74) is 4.22. The first-order valence-corrected chi connectivity index (χ1v) is 8.09. The predicted octanol–water partition coefficient (Wildman–Crippen LogP) is 0.762. The van der Waals surface area contributed by atoms with Crippen LogP contribution in [0, 0.1) is 6.92 Å². The lowest BCUT2D eigenvalue weighted by atomic mass is 10.0. The molecule has 0 saturated carbocycles. The fraction of sp³-hybridized carbons (Fsp3) is 0.294. The van der Waals surface area contributed by atoms with Gasteiger partial charge in [-0.2, -0.15) is 5.10 Å². The van der Waals surface area contributed by atoms with E-state index in [9.17, 15) is 14.4 Å². The minimum atomic E-state index is -1.82. The summed E-state index contributed by atoms with van der Waals surface area (Å²) in [5, 5.41) is 6.68. The fourth-order valence-corrected chi connectivity index (χ4v) is 2.44. The Morgan fingerprint density at radius 1 is 1.31 bits per heavy atom. The molecule has 1 atom stereocenters. The molecule has 136 valence electrons. The number of anilines is 1. The first-order chi connectivity index (χ1) is 12.3. The number of aromatic nitrogens is 2. The van der Waals surface area contributed by atoms with Crippen LogP contribution in [0.3, 0.4) is 0 Å². The van der Waals surface area contributed by atoms with Gasteiger partial charge in [-0.15, -0.1) is 0 Å². The van der Waals surface area contributed by atoms with Crippen molar-refractivity contribution in [3.05, 3.63) is 41.7 Å². The fourth-order valence-electron chi connectivity index (χ4n) is 2.44. The largest absolute Gasteiger partial charge is 0.465 e. The maximum atomic E-state index is 12.5. The number of hydrogen-bond acceptors (Lipinski definition) is 5. The SMILES string of the molecule is CCn1ccc(C(=O)NNC(=O)C2(C)Oc3ccc(C)cc3NC2=O)n1. The molecule has 1 aliphatic heterocycles. The molecule has 0 radical (unpaired) electrons. The molecule has 1 aliphatic rings. The molecule has 0 aliphatic carbocycles. The van der Waals surface area contributed by atoms with Crippen LogP contribution in [0.1, 0.15) is 29.9 Å². The molecule has 2 heterocycles. The Bertz CT molecular complexity index is 891. The van der Waals surface area contributed by atoms with Crippen molar-refractivity contribution in [1.29, 1.82) is 0 Å². The minimum absolute atomic E-state index is 0.145. The van der Waals surface area contributed by atoms with Crippen LogP contribution < -0.4 is 20.9 Å². The lowest BCUT2D eigenvalue weighted by molar-refractivity contribution is -0.147. The zero-order valence-electron chi connectivity index (χ0n) is 14.6. The summed E-state index contributed by atoms with van der Waals surface area (Å²) < 4.78 is 7.19. The summed E-state index contributed by atoms with van der Waals surface area (Å²) in [6.45, 7) is 5.71. The number of hydrogen-bond donors (Lipinski definition) is 3. The zero-order valence-corrected chi connectivity index (χ0v) is 14.6. The molecule has 9 nitrogen and oxygen atoms in total. The molecule has 0 spiro atoms. The Kier molecular flexibility index (Phi) is 4.37. The first kappa shape index (κ1) is 17.5. The van der Waals surface area contributed by atoms with E-state index in [-0.39, 0.29) is 5.69 Å². The number of fused-ring (bicyclic) bond motifs is 1. The van der Waals surface area contributed by atoms with E-state index in [1.54, 1.807) is 29.1 Å². The highest BCUT2D eigenvalue weighted by molar-refractivity contribution is 6.15. The number of nitrogens with one attached hydrogen (secondary N) is 3. The number of aryl methyl sites for hydroxylation is 2. The molecule has 2 aromatic rings. The van der Waals surface area contributed by atoms with Gasteiger partial charge in [0.25, 0.3) is 23.3 Å². The Hall–Kier alpha value is -3.36. The number of benzene rings is 1. The van der Waals surface area contributed by atoms with Gasteiger partial charge in [0.2, 0.25) is 0 Å². The molecule has 26 heavy (non-hydrogen) atoms. The molecule has 0 saturated heterocycles. The highest BCUT2D eigenvalue weighted by Crippen LogP contribution is 2.34. The normalized spacial score (nSPS) is 18.3. The average Bonchev–Trinajstić information content (AvgIpc) is 3.10. The van der Waals surface area contributed by atoms with Crippen LogP contribution in [-0.2, 0) is 16.1 Å². The Morgan fingerprint density at radius 3 is 2.77 bits per heavy atom. The molecule has 9 heteroatoms. The van der Waals surface area contributed by atoms with E-state index >= 15 is 0 Å². The summed E-state index contributed by atoms with van der Waals surface area (Å²) >= 11 is 0. The zero-order chi connectivity index (χ0) is 18.9. The molecule has 1 unspecified atom stereocenters. The van der Waals surface area contributed by atoms with E-state index in [0.29, 0.717) is 18.0 Å². The van der Waals surface area contributed by atoms with Gasteiger partial charge in [-0.1, -0.05) is 6.07 Å². The second-order valence-corrected chi connectivity index (χ2v) is 6.05. The minimum Gasteiger partial charge on any atom is -0.465 e. The van der Waals surface area contributed by atoms with E-state index in [2.05, 4.69) is 21.3 Å². The van der Waals surface area contributed by atoms with Crippen LogP contribution >= 0.6 is 0 Å². The predicted molar refractivity (Wildman–Crippen MR) is 92.4 cm³/mol. The highest BCUT2D eigenvalue weighted by atomic mass is 16.5. The maximum Gasteiger partial charge on any atom is 0.292 e. The van der Waals surface area contributed by atoms with Crippen molar-refractivity contribution >= 4 is 23.4 Å². The van der Waals surface area contributed by atoms with Crippen molar-refractivity contribution in [1.82, 2.24) is 20.6 Å². The third-order valence-corrected chi connectivity index (χ3v) is 4.05. The van der Waals surface area contributed by atoms with Gasteiger partial charge >= 0.3 is 0 Å². The summed E-state index contributed by atoms with van der Waals surface area (Å²) in [4.78, 5) is 36.9. The van der Waals surface area contributed by atoms with Gasteiger partial charge in [-0.05, 0) is 44.5 Å². The highest BCUT2D eigenvalue weighted by Gasteiger charge is 2.47. The number of carbonyl (C=O) groups excluding carboxylic acids is 3. The van der Waals surface area contributed by atoms with Crippen molar-refractivity contribution in [2.24, 2.45) is 0 Å². The average molecular weight is 357 g/mol. The lowest BCUT2D eigenvalue weighted by Crippen LogP contribution is -2.61. The van der Waals surface area contributed by atoms with Crippen molar-refractivity contribution in [2.75, 3.05) is 5.32 Å². The Morgan fingerprint density at radius 2 is 2.08 bits per heavy atom. The van der Waals surface area contributed by atoms with Gasteiger partial charge in [0.15, 0.2) is 5.69 Å². The summed E-state index contributed by atoms with van der Waals surface area (Å²) in [6, 6.07) is 6.75. The molecule has 3 amide bonds. The second-order valence-electron chi connectivity index (χ2n) is 6.05. The summed E-state index contributed by atoms with van der Waals surface area (Å²) in [7, 11) is 0. The van der Waals surface area contributed by atoms with Gasteiger partial charge in [-0.25, -0.2) is 0 Å². The monoisotopic (exact) mass is 357 g/mol. The molecule has 3 N–H and O–H groups in total. The van der Waals surface area contributed by atoms with Gasteiger partial charge < -0.3 is 10.1 Å². The van der Waals surface area contributed by atoms with Crippen molar-refractivity contribution < 1.29 is 19.1 Å². The van der Waals surface area contributed by atoms with Gasteiger partial charge in [-0.3, -0.25) is 29.9 Å². The third kappa shape index (κ3) is 3.10.